The van der Waals surface area contributed by atoms with Gasteiger partial charge in [-0.25, -0.2) is 0 Å². The number of hydrogen-bond acceptors (Lipinski definition) is 3. The number of carbonyl (C=O) groups is 1. The van der Waals surface area contributed by atoms with Crippen molar-refractivity contribution in [1.82, 2.24) is 5.32 Å². The number of ether oxygens (including phenoxy) is 1. The second kappa shape index (κ2) is 6.96. The number of halogens is 3. The zero-order chi connectivity index (χ0) is 15.5. The van der Waals surface area contributed by atoms with E-state index in [4.69, 9.17) is 5.73 Å². The average molecular weight is 308 g/mol. The topological polar surface area (TPSA) is 64.4 Å². The van der Waals surface area contributed by atoms with Gasteiger partial charge in [0.15, 0.2) is 0 Å². The van der Waals surface area contributed by atoms with Crippen molar-refractivity contribution in [3.05, 3.63) is 0 Å². The van der Waals surface area contributed by atoms with Gasteiger partial charge in [0.05, 0.1) is 6.61 Å². The molecule has 21 heavy (non-hydrogen) atoms. The minimum Gasteiger partial charge on any atom is -0.370 e. The molecule has 4 nitrogen and oxygen atoms in total. The molecule has 2 unspecified atom stereocenters. The van der Waals surface area contributed by atoms with Crippen LogP contribution in [0.1, 0.15) is 32.1 Å². The van der Waals surface area contributed by atoms with Gasteiger partial charge >= 0.3 is 6.18 Å². The van der Waals surface area contributed by atoms with E-state index in [-0.39, 0.29) is 31.0 Å². The first-order valence-electron chi connectivity index (χ1n) is 7.54. The summed E-state index contributed by atoms with van der Waals surface area (Å²) in [7, 11) is 0. The van der Waals surface area contributed by atoms with Gasteiger partial charge in [-0.15, -0.1) is 0 Å². The van der Waals surface area contributed by atoms with Gasteiger partial charge in [-0.3, -0.25) is 4.79 Å². The van der Waals surface area contributed by atoms with Gasteiger partial charge in [0.2, 0.25) is 5.91 Å². The van der Waals surface area contributed by atoms with Crippen molar-refractivity contribution in [2.24, 2.45) is 23.5 Å². The Bertz CT molecular complexity index is 349. The van der Waals surface area contributed by atoms with Crippen LogP contribution in [0.15, 0.2) is 0 Å². The monoisotopic (exact) mass is 308 g/mol. The largest absolute Gasteiger partial charge is 0.411 e. The van der Waals surface area contributed by atoms with Crippen molar-refractivity contribution in [2.75, 3.05) is 19.8 Å². The Balaban J connectivity index is 1.67. The zero-order valence-electron chi connectivity index (χ0n) is 12.0. The Kier molecular flexibility index (Phi) is 5.48. The summed E-state index contributed by atoms with van der Waals surface area (Å²) in [4.78, 5) is 12.1. The maximum Gasteiger partial charge on any atom is 0.411 e. The molecule has 0 aromatic heterocycles. The average Bonchev–Trinajstić information content (AvgIpc) is 2.36. The molecule has 1 amide bonds. The van der Waals surface area contributed by atoms with Gasteiger partial charge in [0.1, 0.15) is 6.61 Å². The number of amides is 1. The predicted molar refractivity (Wildman–Crippen MR) is 71.4 cm³/mol. The molecule has 122 valence electrons. The van der Waals surface area contributed by atoms with Crippen LogP contribution >= 0.6 is 0 Å². The molecular weight excluding hydrogens is 285 g/mol. The Labute approximate surface area is 122 Å². The maximum absolute atomic E-state index is 12.1. The van der Waals surface area contributed by atoms with Crippen molar-refractivity contribution in [2.45, 2.75) is 44.3 Å². The molecule has 2 aliphatic rings. The minimum atomic E-state index is -4.32. The fourth-order valence-electron chi connectivity index (χ4n) is 3.58. The second-order valence-corrected chi connectivity index (χ2v) is 6.16. The molecule has 0 aromatic rings. The first-order chi connectivity index (χ1) is 9.87. The number of rotatable bonds is 5. The van der Waals surface area contributed by atoms with Gasteiger partial charge in [-0.1, -0.05) is 6.42 Å². The summed E-state index contributed by atoms with van der Waals surface area (Å²) < 4.78 is 40.1. The molecular formula is C14H23F3N2O2. The number of alkyl halides is 3. The van der Waals surface area contributed by atoms with Crippen LogP contribution in [0.3, 0.4) is 0 Å². The number of hydrogen-bond donors (Lipinski definition) is 2. The van der Waals surface area contributed by atoms with Crippen LogP contribution in [0.4, 0.5) is 13.2 Å². The fourth-order valence-corrected chi connectivity index (χ4v) is 3.58. The first-order valence-corrected chi connectivity index (χ1v) is 7.54. The number of nitrogens with one attached hydrogen (secondary N) is 1. The van der Waals surface area contributed by atoms with Gasteiger partial charge in [0.25, 0.3) is 0 Å². The third-order valence-corrected chi connectivity index (χ3v) is 4.60. The van der Waals surface area contributed by atoms with Crippen LogP contribution in [-0.4, -0.2) is 37.9 Å². The molecule has 0 aliphatic heterocycles. The van der Waals surface area contributed by atoms with Crippen LogP contribution in [0.25, 0.3) is 0 Å². The Hall–Kier alpha value is -0.820. The van der Waals surface area contributed by atoms with E-state index in [1.165, 1.54) is 6.42 Å². The van der Waals surface area contributed by atoms with Crippen LogP contribution in [0.5, 0.6) is 0 Å². The highest BCUT2D eigenvalue weighted by molar-refractivity contribution is 5.78. The van der Waals surface area contributed by atoms with Crippen LogP contribution in [0.2, 0.25) is 0 Å². The lowest BCUT2D eigenvalue weighted by atomic mass is 9.65. The van der Waals surface area contributed by atoms with Crippen LogP contribution in [-0.2, 0) is 9.53 Å². The minimum absolute atomic E-state index is 0.0530. The van der Waals surface area contributed by atoms with E-state index in [1.54, 1.807) is 0 Å². The molecule has 3 N–H and O–H groups in total. The normalized spacial score (nSPS) is 32.8. The lowest BCUT2D eigenvalue weighted by Crippen LogP contribution is -2.49. The van der Waals surface area contributed by atoms with Crippen molar-refractivity contribution in [3.63, 3.8) is 0 Å². The molecule has 0 radical (unpaired) electrons. The quantitative estimate of drug-likeness (QED) is 0.762. The van der Waals surface area contributed by atoms with E-state index in [2.05, 4.69) is 10.1 Å². The zero-order valence-corrected chi connectivity index (χ0v) is 12.0. The van der Waals surface area contributed by atoms with Crippen LogP contribution in [0, 0.1) is 17.8 Å². The van der Waals surface area contributed by atoms with Gasteiger partial charge in [0, 0.05) is 18.5 Å². The highest BCUT2D eigenvalue weighted by atomic mass is 19.4. The van der Waals surface area contributed by atoms with E-state index in [9.17, 15) is 18.0 Å². The second-order valence-electron chi connectivity index (χ2n) is 6.16. The van der Waals surface area contributed by atoms with Gasteiger partial charge < -0.3 is 15.8 Å². The van der Waals surface area contributed by atoms with E-state index < -0.39 is 12.8 Å². The SMILES string of the molecule is NC1C2CCCC1CC(C(=O)NCCOCC(F)(F)F)C2. The van der Waals surface area contributed by atoms with Crippen molar-refractivity contribution < 1.29 is 22.7 Å². The molecule has 2 aliphatic carbocycles. The Morgan fingerprint density at radius 1 is 1.24 bits per heavy atom. The summed E-state index contributed by atoms with van der Waals surface area (Å²) in [6, 6.07) is 0.206. The highest BCUT2D eigenvalue weighted by Crippen LogP contribution is 2.41. The van der Waals surface area contributed by atoms with E-state index in [0.29, 0.717) is 11.8 Å². The molecule has 2 fully saturated rings. The standard InChI is InChI=1S/C14H23F3N2O2/c15-14(16,17)8-21-5-4-19-13(20)11-6-9-2-1-3-10(7-11)12(9)18/h9-12H,1-8,18H2,(H,19,20). The summed E-state index contributed by atoms with van der Waals surface area (Å²) in [6.07, 6.45) is 0.621. The van der Waals surface area contributed by atoms with E-state index in [0.717, 1.165) is 25.7 Å². The lowest BCUT2D eigenvalue weighted by Gasteiger charge is -2.43. The molecule has 0 spiro atoms. The molecule has 0 saturated heterocycles. The third-order valence-electron chi connectivity index (χ3n) is 4.60. The molecule has 0 aromatic carbocycles. The number of nitrogens with two attached hydrogens (primary N) is 1. The molecule has 2 saturated carbocycles. The predicted octanol–water partition coefficient (Wildman–Crippen LogP) is 1.84. The van der Waals surface area contributed by atoms with E-state index in [1.807, 2.05) is 0 Å². The third kappa shape index (κ3) is 4.85. The van der Waals surface area contributed by atoms with Crippen molar-refractivity contribution in [1.29, 1.82) is 0 Å². The number of fused-ring (bicyclic) bond motifs is 2. The fraction of sp³-hybridized carbons (Fsp3) is 0.929. The smallest absolute Gasteiger partial charge is 0.370 e. The molecule has 2 bridgehead atoms. The molecule has 0 heterocycles. The summed E-state index contributed by atoms with van der Waals surface area (Å²) >= 11 is 0. The van der Waals surface area contributed by atoms with E-state index >= 15 is 0 Å². The first kappa shape index (κ1) is 16.5. The van der Waals surface area contributed by atoms with Gasteiger partial charge in [-0.05, 0) is 37.5 Å². The van der Waals surface area contributed by atoms with Crippen LogP contribution < -0.4 is 11.1 Å². The lowest BCUT2D eigenvalue weighted by molar-refractivity contribution is -0.173. The maximum atomic E-state index is 12.1. The Morgan fingerprint density at radius 3 is 2.43 bits per heavy atom. The summed E-state index contributed by atoms with van der Waals surface area (Å²) in [6.45, 7) is -1.28. The summed E-state index contributed by atoms with van der Waals surface area (Å²) in [5.74, 6) is 0.696. The highest BCUT2D eigenvalue weighted by Gasteiger charge is 2.40. The number of carbonyl (C=O) groups excluding carboxylic acids is 1. The molecule has 7 heteroatoms. The van der Waals surface area contributed by atoms with Crippen molar-refractivity contribution >= 4 is 5.91 Å². The van der Waals surface area contributed by atoms with Gasteiger partial charge in [-0.2, -0.15) is 13.2 Å². The summed E-state index contributed by atoms with van der Waals surface area (Å²) in [5.41, 5.74) is 6.17. The Morgan fingerprint density at radius 2 is 1.86 bits per heavy atom. The molecule has 2 rings (SSSR count). The summed E-state index contributed by atoms with van der Waals surface area (Å²) in [5, 5.41) is 2.67. The van der Waals surface area contributed by atoms with Crippen molar-refractivity contribution in [3.8, 4) is 0 Å². The molecule has 2 atom stereocenters.